The second-order valence-corrected chi connectivity index (χ2v) is 7.69. The molecule has 0 aliphatic carbocycles. The van der Waals surface area contributed by atoms with E-state index in [1.165, 1.54) is 5.56 Å². The minimum Gasteiger partial charge on any atom is -0.494 e. The Hall–Kier alpha value is -2.51. The molecule has 1 aromatic heterocycles. The van der Waals surface area contributed by atoms with Crippen molar-refractivity contribution in [2.24, 2.45) is 4.99 Å². The number of guanidine groups is 1. The highest BCUT2D eigenvalue weighted by Gasteiger charge is 2.34. The number of nitrogens with zero attached hydrogens (tertiary/aromatic N) is 1. The molecule has 3 rings (SSSR count). The van der Waals surface area contributed by atoms with Crippen LogP contribution in [0.1, 0.15) is 37.5 Å². The normalized spacial score (nSPS) is 16.1. The smallest absolute Gasteiger partial charge is 0.191 e. The van der Waals surface area contributed by atoms with Crippen LogP contribution in [0, 0.1) is 0 Å². The molecule has 0 unspecified atom stereocenters. The van der Waals surface area contributed by atoms with E-state index in [1.807, 2.05) is 19.1 Å². The van der Waals surface area contributed by atoms with Crippen LogP contribution in [0.25, 0.3) is 0 Å². The Morgan fingerprint density at radius 3 is 2.61 bits per heavy atom. The molecule has 1 aliphatic heterocycles. The number of hydrogen-bond acceptors (Lipinski definition) is 5. The molecular formula is C24H35N3O4. The molecule has 2 aromatic rings. The summed E-state index contributed by atoms with van der Waals surface area (Å²) in [5, 5.41) is 6.91. The van der Waals surface area contributed by atoms with Crippen molar-refractivity contribution in [3.63, 3.8) is 0 Å². The van der Waals surface area contributed by atoms with E-state index in [2.05, 4.69) is 39.9 Å². The molecular weight excluding hydrogens is 394 g/mol. The zero-order valence-electron chi connectivity index (χ0n) is 18.7. The number of aliphatic imine (C=N–C) groups is 1. The van der Waals surface area contributed by atoms with Crippen molar-refractivity contribution >= 4 is 5.96 Å². The molecule has 7 nitrogen and oxygen atoms in total. The van der Waals surface area contributed by atoms with E-state index in [0.717, 1.165) is 63.0 Å². The van der Waals surface area contributed by atoms with E-state index in [9.17, 15) is 0 Å². The van der Waals surface area contributed by atoms with Crippen molar-refractivity contribution in [3.8, 4) is 5.75 Å². The van der Waals surface area contributed by atoms with E-state index in [0.29, 0.717) is 19.8 Å². The Morgan fingerprint density at radius 2 is 1.94 bits per heavy atom. The van der Waals surface area contributed by atoms with Gasteiger partial charge in [-0.25, -0.2) is 0 Å². The van der Waals surface area contributed by atoms with Gasteiger partial charge < -0.3 is 29.3 Å². The highest BCUT2D eigenvalue weighted by molar-refractivity contribution is 5.79. The summed E-state index contributed by atoms with van der Waals surface area (Å²) < 4.78 is 22.2. The van der Waals surface area contributed by atoms with Gasteiger partial charge in [0.1, 0.15) is 18.1 Å². The largest absolute Gasteiger partial charge is 0.494 e. The topological polar surface area (TPSA) is 77.2 Å². The summed E-state index contributed by atoms with van der Waals surface area (Å²) >= 11 is 0. The van der Waals surface area contributed by atoms with Crippen LogP contribution in [-0.4, -0.2) is 52.5 Å². The average Bonchev–Trinajstić information content (AvgIpc) is 3.33. The maximum atomic E-state index is 5.65. The van der Waals surface area contributed by atoms with E-state index in [4.69, 9.17) is 18.6 Å². The number of furan rings is 1. The summed E-state index contributed by atoms with van der Waals surface area (Å²) in [6, 6.07) is 12.3. The molecule has 1 saturated heterocycles. The van der Waals surface area contributed by atoms with Gasteiger partial charge in [-0.15, -0.1) is 0 Å². The fraction of sp³-hybridized carbons (Fsp3) is 0.542. The molecule has 1 fully saturated rings. The zero-order chi connectivity index (χ0) is 21.8. The highest BCUT2D eigenvalue weighted by atomic mass is 16.5. The standard InChI is InChI=1S/C24H35N3O4/c1-3-30-21-9-7-20(8-10-21)24(11-16-28-17-12-24)19-27-23(25-2)26-13-5-14-29-18-22-6-4-15-31-22/h4,6-10,15H,3,5,11-14,16-19H2,1-2H3,(H2,25,26,27). The monoisotopic (exact) mass is 429 g/mol. The van der Waals surface area contributed by atoms with Crippen molar-refractivity contribution in [1.82, 2.24) is 10.6 Å². The van der Waals surface area contributed by atoms with Crippen LogP contribution in [0.4, 0.5) is 0 Å². The second kappa shape index (κ2) is 12.4. The first-order chi connectivity index (χ1) is 15.3. The molecule has 170 valence electrons. The van der Waals surface area contributed by atoms with Gasteiger partial charge in [0, 0.05) is 45.4 Å². The summed E-state index contributed by atoms with van der Waals surface area (Å²) in [7, 11) is 1.80. The van der Waals surface area contributed by atoms with Gasteiger partial charge in [0.25, 0.3) is 0 Å². The molecule has 0 bridgehead atoms. The molecule has 0 radical (unpaired) electrons. The van der Waals surface area contributed by atoms with E-state index in [-0.39, 0.29) is 5.41 Å². The molecule has 7 heteroatoms. The molecule has 2 heterocycles. The molecule has 0 saturated carbocycles. The van der Waals surface area contributed by atoms with Crippen LogP contribution >= 0.6 is 0 Å². The lowest BCUT2D eigenvalue weighted by atomic mass is 9.74. The summed E-state index contributed by atoms with van der Waals surface area (Å²) in [6.07, 6.45) is 4.50. The Morgan fingerprint density at radius 1 is 1.13 bits per heavy atom. The van der Waals surface area contributed by atoms with Crippen molar-refractivity contribution in [1.29, 1.82) is 0 Å². The number of hydrogen-bond donors (Lipinski definition) is 2. The molecule has 0 spiro atoms. The van der Waals surface area contributed by atoms with Crippen LogP contribution in [0.3, 0.4) is 0 Å². The van der Waals surface area contributed by atoms with Gasteiger partial charge in [-0.1, -0.05) is 12.1 Å². The maximum Gasteiger partial charge on any atom is 0.191 e. The minimum absolute atomic E-state index is 0.0206. The number of rotatable bonds is 11. The molecule has 0 amide bonds. The third kappa shape index (κ3) is 7.01. The zero-order valence-corrected chi connectivity index (χ0v) is 18.7. The Bertz CT molecular complexity index is 769. The van der Waals surface area contributed by atoms with Gasteiger partial charge >= 0.3 is 0 Å². The lowest BCUT2D eigenvalue weighted by Gasteiger charge is -2.38. The number of ether oxygens (including phenoxy) is 3. The third-order valence-electron chi connectivity index (χ3n) is 5.63. The lowest BCUT2D eigenvalue weighted by Crippen LogP contribution is -2.48. The summed E-state index contributed by atoms with van der Waals surface area (Å²) in [4.78, 5) is 4.38. The quantitative estimate of drug-likeness (QED) is 0.323. The minimum atomic E-state index is 0.0206. The maximum absolute atomic E-state index is 5.65. The van der Waals surface area contributed by atoms with E-state index >= 15 is 0 Å². The second-order valence-electron chi connectivity index (χ2n) is 7.69. The Labute approximate surface area is 185 Å². The number of benzene rings is 1. The van der Waals surface area contributed by atoms with Gasteiger partial charge in [0.15, 0.2) is 5.96 Å². The fourth-order valence-electron chi connectivity index (χ4n) is 3.82. The van der Waals surface area contributed by atoms with Crippen molar-refractivity contribution in [2.75, 3.05) is 46.6 Å². The first kappa shape index (κ1) is 23.2. The SMILES string of the molecule is CCOc1ccc(C2(CNC(=NC)NCCCOCc3ccco3)CCOCC2)cc1. The van der Waals surface area contributed by atoms with Gasteiger partial charge in [0.2, 0.25) is 0 Å². The van der Waals surface area contributed by atoms with Crippen LogP contribution in [0.15, 0.2) is 52.1 Å². The van der Waals surface area contributed by atoms with Crippen LogP contribution in [-0.2, 0) is 21.5 Å². The van der Waals surface area contributed by atoms with Gasteiger partial charge in [0.05, 0.1) is 12.9 Å². The third-order valence-corrected chi connectivity index (χ3v) is 5.63. The lowest BCUT2D eigenvalue weighted by molar-refractivity contribution is 0.0513. The van der Waals surface area contributed by atoms with Crippen LogP contribution < -0.4 is 15.4 Å². The predicted octanol–water partition coefficient (Wildman–Crippen LogP) is 3.50. The first-order valence-corrected chi connectivity index (χ1v) is 11.1. The van der Waals surface area contributed by atoms with Crippen LogP contribution in [0.2, 0.25) is 0 Å². The molecule has 0 atom stereocenters. The van der Waals surface area contributed by atoms with Crippen molar-refractivity contribution in [2.45, 2.75) is 38.2 Å². The first-order valence-electron chi connectivity index (χ1n) is 11.1. The number of nitrogens with one attached hydrogen (secondary N) is 2. The molecule has 2 N–H and O–H groups in total. The Balaban J connectivity index is 1.46. The summed E-state index contributed by atoms with van der Waals surface area (Å²) in [6.45, 7) is 6.99. The molecule has 1 aromatic carbocycles. The van der Waals surface area contributed by atoms with Crippen molar-refractivity contribution < 1.29 is 18.6 Å². The van der Waals surface area contributed by atoms with E-state index in [1.54, 1.807) is 13.3 Å². The van der Waals surface area contributed by atoms with Gasteiger partial charge in [-0.3, -0.25) is 4.99 Å². The highest BCUT2D eigenvalue weighted by Crippen LogP contribution is 2.35. The Kier molecular flexibility index (Phi) is 9.24. The summed E-state index contributed by atoms with van der Waals surface area (Å²) in [5.74, 6) is 2.57. The molecule has 31 heavy (non-hydrogen) atoms. The summed E-state index contributed by atoms with van der Waals surface area (Å²) in [5.41, 5.74) is 1.33. The average molecular weight is 430 g/mol. The van der Waals surface area contributed by atoms with E-state index < -0.39 is 0 Å². The van der Waals surface area contributed by atoms with Crippen LogP contribution in [0.5, 0.6) is 5.75 Å². The van der Waals surface area contributed by atoms with Gasteiger partial charge in [-0.05, 0) is 56.0 Å². The predicted molar refractivity (Wildman–Crippen MR) is 122 cm³/mol. The molecule has 1 aliphatic rings. The van der Waals surface area contributed by atoms with Crippen molar-refractivity contribution in [3.05, 3.63) is 54.0 Å². The fourth-order valence-corrected chi connectivity index (χ4v) is 3.82. The van der Waals surface area contributed by atoms with Gasteiger partial charge in [-0.2, -0.15) is 0 Å².